The molecule has 0 spiro atoms. The lowest BCUT2D eigenvalue weighted by Crippen LogP contribution is -2.13. The molecule has 1 N–H and O–H groups in total. The fraction of sp³-hybridized carbons (Fsp3) is 0.200. The van der Waals surface area contributed by atoms with Crippen LogP contribution in [0.5, 0.6) is 17.2 Å². The van der Waals surface area contributed by atoms with Gasteiger partial charge in [-0.05, 0) is 30.3 Å². The van der Waals surface area contributed by atoms with Crippen molar-refractivity contribution in [3.8, 4) is 17.2 Å². The van der Waals surface area contributed by atoms with Crippen molar-refractivity contribution in [2.45, 2.75) is 6.42 Å². The molecule has 0 aliphatic carbocycles. The topological polar surface area (TPSA) is 69.7 Å². The molecule has 132 valence electrons. The molecule has 1 amide bonds. The summed E-state index contributed by atoms with van der Waals surface area (Å²) in [5.41, 5.74) is 1.79. The Morgan fingerprint density at radius 1 is 1.12 bits per heavy atom. The van der Waals surface area contributed by atoms with Crippen LogP contribution in [0.25, 0.3) is 10.9 Å². The molecule has 1 aromatic heterocycles. The highest BCUT2D eigenvalue weighted by molar-refractivity contribution is 6.08. The van der Waals surface area contributed by atoms with Gasteiger partial charge in [-0.25, -0.2) is 0 Å². The lowest BCUT2D eigenvalue weighted by atomic mass is 10.1. The number of benzene rings is 2. The number of anilines is 1. The molecule has 0 atom stereocenters. The van der Waals surface area contributed by atoms with E-state index in [-0.39, 0.29) is 5.91 Å². The molecule has 3 aromatic rings. The predicted octanol–water partition coefficient (Wildman–Crippen LogP) is 3.66. The van der Waals surface area contributed by atoms with E-state index < -0.39 is 0 Å². The fourth-order valence-electron chi connectivity index (χ4n) is 2.88. The average Bonchev–Trinajstić information content (AvgIpc) is 2.92. The minimum atomic E-state index is -0.249. The monoisotopic (exact) mass is 350 g/mol. The summed E-state index contributed by atoms with van der Waals surface area (Å²) in [6.07, 6.45) is 2.51. The van der Waals surface area contributed by atoms with Crippen LogP contribution in [0.2, 0.25) is 0 Å². The number of carbonyl (C=O) groups is 1. The standard InChI is InChI=1S/C20H18N2O4/c1-24-15-10-13-4-2-7-21-19(13)16(12-15)22-20(23)14-5-6-17-18(11-14)26-9-3-8-25-17/h2,4-7,10-12H,3,8-9H2,1H3,(H,22,23). The van der Waals surface area contributed by atoms with E-state index >= 15 is 0 Å². The molecule has 1 aliphatic rings. The van der Waals surface area contributed by atoms with E-state index in [1.54, 1.807) is 37.6 Å². The number of rotatable bonds is 3. The SMILES string of the molecule is COc1cc(NC(=O)c2ccc3c(c2)OCCCO3)c2ncccc2c1. The van der Waals surface area contributed by atoms with Crippen LogP contribution in [-0.2, 0) is 0 Å². The Kier molecular flexibility index (Phi) is 4.31. The van der Waals surface area contributed by atoms with Gasteiger partial charge in [0.25, 0.3) is 5.91 Å². The smallest absolute Gasteiger partial charge is 0.255 e. The van der Waals surface area contributed by atoms with E-state index in [0.717, 1.165) is 11.8 Å². The summed E-state index contributed by atoms with van der Waals surface area (Å²) in [6, 6.07) is 12.6. The molecular weight excluding hydrogens is 332 g/mol. The summed E-state index contributed by atoms with van der Waals surface area (Å²) >= 11 is 0. The highest BCUT2D eigenvalue weighted by Crippen LogP contribution is 2.32. The first kappa shape index (κ1) is 16.2. The number of nitrogens with zero attached hydrogens (tertiary/aromatic N) is 1. The van der Waals surface area contributed by atoms with E-state index in [1.165, 1.54) is 0 Å². The maximum absolute atomic E-state index is 12.8. The molecule has 26 heavy (non-hydrogen) atoms. The molecule has 6 heteroatoms. The van der Waals surface area contributed by atoms with E-state index in [2.05, 4.69) is 10.3 Å². The maximum atomic E-state index is 12.8. The van der Waals surface area contributed by atoms with Crippen LogP contribution in [-0.4, -0.2) is 31.2 Å². The molecular formula is C20H18N2O4. The van der Waals surface area contributed by atoms with Crippen molar-refractivity contribution >= 4 is 22.5 Å². The van der Waals surface area contributed by atoms with E-state index in [4.69, 9.17) is 14.2 Å². The highest BCUT2D eigenvalue weighted by Gasteiger charge is 2.16. The van der Waals surface area contributed by atoms with Crippen LogP contribution in [0.3, 0.4) is 0 Å². The lowest BCUT2D eigenvalue weighted by Gasteiger charge is -2.12. The third-order valence-electron chi connectivity index (χ3n) is 4.17. The van der Waals surface area contributed by atoms with Gasteiger partial charge < -0.3 is 19.5 Å². The van der Waals surface area contributed by atoms with Crippen molar-refractivity contribution in [1.82, 2.24) is 4.98 Å². The predicted molar refractivity (Wildman–Crippen MR) is 98.3 cm³/mol. The van der Waals surface area contributed by atoms with Crippen molar-refractivity contribution in [1.29, 1.82) is 0 Å². The van der Waals surface area contributed by atoms with Crippen LogP contribution in [0.4, 0.5) is 5.69 Å². The quantitative estimate of drug-likeness (QED) is 0.781. The second-order valence-electron chi connectivity index (χ2n) is 5.92. The molecule has 0 unspecified atom stereocenters. The molecule has 6 nitrogen and oxygen atoms in total. The lowest BCUT2D eigenvalue weighted by molar-refractivity contribution is 0.102. The normalized spacial score (nSPS) is 13.1. The van der Waals surface area contributed by atoms with Crippen LogP contribution in [0, 0.1) is 0 Å². The Balaban J connectivity index is 1.66. The van der Waals surface area contributed by atoms with E-state index in [1.807, 2.05) is 18.2 Å². The Morgan fingerprint density at radius 2 is 1.96 bits per heavy atom. The number of ether oxygens (including phenoxy) is 3. The van der Waals surface area contributed by atoms with Gasteiger partial charge in [-0.1, -0.05) is 6.07 Å². The minimum absolute atomic E-state index is 0.249. The summed E-state index contributed by atoms with van der Waals surface area (Å²) in [5.74, 6) is 1.65. The number of aromatic nitrogens is 1. The molecule has 4 rings (SSSR count). The minimum Gasteiger partial charge on any atom is -0.497 e. The third-order valence-corrected chi connectivity index (χ3v) is 4.17. The second-order valence-corrected chi connectivity index (χ2v) is 5.92. The summed E-state index contributed by atoms with van der Waals surface area (Å²) in [7, 11) is 1.59. The van der Waals surface area contributed by atoms with Gasteiger partial charge in [0, 0.05) is 29.6 Å². The molecule has 2 aromatic carbocycles. The van der Waals surface area contributed by atoms with Gasteiger partial charge in [-0.15, -0.1) is 0 Å². The summed E-state index contributed by atoms with van der Waals surface area (Å²) < 4.78 is 16.6. The van der Waals surface area contributed by atoms with Crippen molar-refractivity contribution in [2.24, 2.45) is 0 Å². The second kappa shape index (κ2) is 6.92. The molecule has 1 aliphatic heterocycles. The molecule has 0 radical (unpaired) electrons. The van der Waals surface area contributed by atoms with Crippen LogP contribution < -0.4 is 19.5 Å². The Labute approximate surface area is 150 Å². The Hall–Kier alpha value is -3.28. The van der Waals surface area contributed by atoms with Gasteiger partial charge in [0.1, 0.15) is 5.75 Å². The van der Waals surface area contributed by atoms with Crippen molar-refractivity contribution in [2.75, 3.05) is 25.6 Å². The van der Waals surface area contributed by atoms with Crippen molar-refractivity contribution < 1.29 is 19.0 Å². The van der Waals surface area contributed by atoms with Gasteiger partial charge in [0.2, 0.25) is 0 Å². The summed E-state index contributed by atoms with van der Waals surface area (Å²) in [4.78, 5) is 17.1. The number of hydrogen-bond acceptors (Lipinski definition) is 5. The van der Waals surface area contributed by atoms with Gasteiger partial charge in [-0.2, -0.15) is 0 Å². The van der Waals surface area contributed by atoms with Crippen molar-refractivity contribution in [3.63, 3.8) is 0 Å². The molecule has 0 fully saturated rings. The van der Waals surface area contributed by atoms with E-state index in [0.29, 0.717) is 47.2 Å². The molecule has 0 saturated heterocycles. The van der Waals surface area contributed by atoms with Crippen molar-refractivity contribution in [3.05, 3.63) is 54.2 Å². The van der Waals surface area contributed by atoms with Gasteiger partial charge in [0.05, 0.1) is 31.5 Å². The Bertz CT molecular complexity index is 971. The first-order valence-corrected chi connectivity index (χ1v) is 8.38. The number of nitrogens with one attached hydrogen (secondary N) is 1. The molecule has 2 heterocycles. The van der Waals surface area contributed by atoms with E-state index in [9.17, 15) is 4.79 Å². The Morgan fingerprint density at radius 3 is 2.81 bits per heavy atom. The number of pyridine rings is 1. The average molecular weight is 350 g/mol. The van der Waals surface area contributed by atoms with Crippen LogP contribution in [0.1, 0.15) is 16.8 Å². The van der Waals surface area contributed by atoms with Crippen LogP contribution in [0.15, 0.2) is 48.7 Å². The molecule has 0 bridgehead atoms. The largest absolute Gasteiger partial charge is 0.497 e. The fourth-order valence-corrected chi connectivity index (χ4v) is 2.88. The first-order valence-electron chi connectivity index (χ1n) is 8.38. The summed E-state index contributed by atoms with van der Waals surface area (Å²) in [5, 5.41) is 3.81. The molecule has 0 saturated carbocycles. The first-order chi connectivity index (χ1) is 12.7. The maximum Gasteiger partial charge on any atom is 0.255 e. The number of carbonyl (C=O) groups excluding carboxylic acids is 1. The number of fused-ring (bicyclic) bond motifs is 2. The highest BCUT2D eigenvalue weighted by atomic mass is 16.5. The van der Waals surface area contributed by atoms with Gasteiger partial charge in [0.15, 0.2) is 11.5 Å². The van der Waals surface area contributed by atoms with Gasteiger partial charge >= 0.3 is 0 Å². The number of amides is 1. The number of hydrogen-bond donors (Lipinski definition) is 1. The van der Waals surface area contributed by atoms with Crippen LogP contribution >= 0.6 is 0 Å². The summed E-state index contributed by atoms with van der Waals surface area (Å²) in [6.45, 7) is 1.18. The zero-order chi connectivity index (χ0) is 17.9. The third kappa shape index (κ3) is 3.13. The number of methoxy groups -OCH3 is 1. The van der Waals surface area contributed by atoms with Gasteiger partial charge in [-0.3, -0.25) is 9.78 Å². The zero-order valence-corrected chi connectivity index (χ0v) is 14.3. The zero-order valence-electron chi connectivity index (χ0n) is 14.3.